The predicted octanol–water partition coefficient (Wildman–Crippen LogP) is 5.38. The van der Waals surface area contributed by atoms with Crippen molar-refractivity contribution in [3.05, 3.63) is 75.7 Å². The Kier molecular flexibility index (Phi) is 5.85. The van der Waals surface area contributed by atoms with Gasteiger partial charge in [0, 0.05) is 28.9 Å². The largest absolute Gasteiger partial charge is 0.482 e. The van der Waals surface area contributed by atoms with Gasteiger partial charge in [0.25, 0.3) is 0 Å². The third-order valence-corrected chi connectivity index (χ3v) is 4.88. The summed E-state index contributed by atoms with van der Waals surface area (Å²) in [5.74, 6) is 0.00346. The fourth-order valence-electron chi connectivity index (χ4n) is 2.75. The van der Waals surface area contributed by atoms with E-state index in [1.165, 1.54) is 12.1 Å². The van der Waals surface area contributed by atoms with Crippen LogP contribution in [0.5, 0.6) is 5.75 Å². The highest BCUT2D eigenvalue weighted by Gasteiger charge is 2.20. The molecule has 0 bridgehead atoms. The van der Waals surface area contributed by atoms with E-state index in [0.29, 0.717) is 22.9 Å². The van der Waals surface area contributed by atoms with Crippen molar-refractivity contribution in [2.75, 3.05) is 5.73 Å². The SMILES string of the molecule is CC(Oc1cc(-c2cccc(CN)c2)cnc1N)c1c(Cl)ccc(F)c1Cl. The topological polar surface area (TPSA) is 74.2 Å². The second kappa shape index (κ2) is 8.13. The minimum Gasteiger partial charge on any atom is -0.482 e. The number of nitrogens with two attached hydrogens (primary N) is 2. The van der Waals surface area contributed by atoms with Gasteiger partial charge in [0.2, 0.25) is 0 Å². The first-order valence-corrected chi connectivity index (χ1v) is 9.01. The zero-order chi connectivity index (χ0) is 19.6. The van der Waals surface area contributed by atoms with Crippen molar-refractivity contribution in [1.29, 1.82) is 0 Å². The Balaban J connectivity index is 1.95. The summed E-state index contributed by atoms with van der Waals surface area (Å²) >= 11 is 12.2. The zero-order valence-electron chi connectivity index (χ0n) is 14.5. The molecule has 3 aromatic rings. The molecule has 0 fully saturated rings. The Morgan fingerprint density at radius 2 is 1.93 bits per heavy atom. The molecule has 140 valence electrons. The fraction of sp³-hybridized carbons (Fsp3) is 0.150. The highest BCUT2D eigenvalue weighted by Crippen LogP contribution is 2.37. The standard InChI is InChI=1S/C20H18Cl2FN3O/c1-11(18-15(21)5-6-16(23)19(18)22)27-17-8-14(10-26-20(17)25)13-4-2-3-12(7-13)9-24/h2-8,10-11H,9,24H2,1H3,(H2,25,26). The van der Waals surface area contributed by atoms with Crippen molar-refractivity contribution in [1.82, 2.24) is 4.98 Å². The van der Waals surface area contributed by atoms with Crippen LogP contribution < -0.4 is 16.2 Å². The van der Waals surface area contributed by atoms with Crippen LogP contribution >= 0.6 is 23.2 Å². The molecule has 1 aromatic heterocycles. The molecule has 1 heterocycles. The maximum Gasteiger partial charge on any atom is 0.166 e. The summed E-state index contributed by atoms with van der Waals surface area (Å²) in [6.45, 7) is 2.15. The number of rotatable bonds is 5. The predicted molar refractivity (Wildman–Crippen MR) is 107 cm³/mol. The normalized spacial score (nSPS) is 12.0. The van der Waals surface area contributed by atoms with Crippen LogP contribution in [0.1, 0.15) is 24.2 Å². The fourth-order valence-corrected chi connectivity index (χ4v) is 3.43. The summed E-state index contributed by atoms with van der Waals surface area (Å²) in [5.41, 5.74) is 14.8. The van der Waals surface area contributed by atoms with Crippen molar-refractivity contribution in [3.63, 3.8) is 0 Å². The number of hydrogen-bond donors (Lipinski definition) is 2. The summed E-state index contributed by atoms with van der Waals surface area (Å²) in [5, 5.41) is 0.237. The number of aromatic nitrogens is 1. The molecule has 0 spiro atoms. The van der Waals surface area contributed by atoms with Gasteiger partial charge in [-0.3, -0.25) is 0 Å². The van der Waals surface area contributed by atoms with Crippen LogP contribution in [0.3, 0.4) is 0 Å². The molecule has 1 atom stereocenters. The number of anilines is 1. The Morgan fingerprint density at radius 1 is 1.15 bits per heavy atom. The lowest BCUT2D eigenvalue weighted by Gasteiger charge is -2.19. The molecule has 0 saturated carbocycles. The highest BCUT2D eigenvalue weighted by atomic mass is 35.5. The molecule has 3 rings (SSSR count). The molecule has 0 aliphatic heterocycles. The third kappa shape index (κ3) is 4.16. The molecular weight excluding hydrogens is 388 g/mol. The van der Waals surface area contributed by atoms with Crippen molar-refractivity contribution < 1.29 is 9.13 Å². The summed E-state index contributed by atoms with van der Waals surface area (Å²) in [6, 6.07) is 12.2. The number of pyridine rings is 1. The number of nitrogen functional groups attached to an aromatic ring is 1. The molecule has 0 radical (unpaired) electrons. The summed E-state index contributed by atoms with van der Waals surface area (Å²) in [4.78, 5) is 4.20. The van der Waals surface area contributed by atoms with E-state index in [0.717, 1.165) is 16.7 Å². The van der Waals surface area contributed by atoms with Crippen LogP contribution in [0.15, 0.2) is 48.7 Å². The lowest BCUT2D eigenvalue weighted by molar-refractivity contribution is 0.227. The molecule has 0 aliphatic carbocycles. The van der Waals surface area contributed by atoms with Gasteiger partial charge in [-0.15, -0.1) is 0 Å². The summed E-state index contributed by atoms with van der Waals surface area (Å²) in [7, 11) is 0. The van der Waals surface area contributed by atoms with Crippen molar-refractivity contribution >= 4 is 29.0 Å². The van der Waals surface area contributed by atoms with E-state index in [1.807, 2.05) is 24.3 Å². The average molecular weight is 406 g/mol. The van der Waals surface area contributed by atoms with Crippen LogP contribution in [-0.2, 0) is 6.54 Å². The van der Waals surface area contributed by atoms with E-state index in [2.05, 4.69) is 4.98 Å². The number of nitrogens with zero attached hydrogens (tertiary/aromatic N) is 1. The first-order valence-electron chi connectivity index (χ1n) is 8.25. The van der Waals surface area contributed by atoms with Crippen molar-refractivity contribution in [3.8, 4) is 16.9 Å². The quantitative estimate of drug-likeness (QED) is 0.559. The van der Waals surface area contributed by atoms with E-state index < -0.39 is 11.9 Å². The Labute approximate surface area is 166 Å². The first kappa shape index (κ1) is 19.4. The van der Waals surface area contributed by atoms with Crippen LogP contribution in [0.2, 0.25) is 10.0 Å². The van der Waals surface area contributed by atoms with E-state index in [4.69, 9.17) is 39.4 Å². The van der Waals surface area contributed by atoms with Crippen molar-refractivity contribution in [2.45, 2.75) is 19.6 Å². The van der Waals surface area contributed by atoms with Gasteiger partial charge in [0.05, 0.1) is 5.02 Å². The Hall–Kier alpha value is -2.34. The Morgan fingerprint density at radius 3 is 2.67 bits per heavy atom. The van der Waals surface area contributed by atoms with E-state index in [1.54, 1.807) is 19.2 Å². The van der Waals surface area contributed by atoms with Gasteiger partial charge in [-0.1, -0.05) is 41.4 Å². The number of benzene rings is 2. The van der Waals surface area contributed by atoms with Crippen LogP contribution in [0, 0.1) is 5.82 Å². The Bertz CT molecular complexity index is 981. The van der Waals surface area contributed by atoms with Gasteiger partial charge >= 0.3 is 0 Å². The molecule has 0 saturated heterocycles. The number of halogens is 3. The second-order valence-corrected chi connectivity index (χ2v) is 6.81. The first-order chi connectivity index (χ1) is 12.9. The van der Waals surface area contributed by atoms with Gasteiger partial charge in [0.1, 0.15) is 11.9 Å². The molecule has 1 unspecified atom stereocenters. The zero-order valence-corrected chi connectivity index (χ0v) is 16.1. The lowest BCUT2D eigenvalue weighted by Crippen LogP contribution is -2.08. The molecule has 0 aliphatic rings. The maximum absolute atomic E-state index is 13.8. The maximum atomic E-state index is 13.8. The van der Waals surface area contributed by atoms with E-state index in [-0.39, 0.29) is 10.8 Å². The molecule has 7 heteroatoms. The summed E-state index contributed by atoms with van der Waals surface area (Å²) in [6.07, 6.45) is 1.03. The van der Waals surface area contributed by atoms with E-state index >= 15 is 0 Å². The summed E-state index contributed by atoms with van der Waals surface area (Å²) < 4.78 is 19.7. The monoisotopic (exact) mass is 405 g/mol. The third-order valence-electron chi connectivity index (χ3n) is 4.17. The molecule has 2 aromatic carbocycles. The molecule has 4 nitrogen and oxygen atoms in total. The van der Waals surface area contributed by atoms with Gasteiger partial charge < -0.3 is 16.2 Å². The van der Waals surface area contributed by atoms with Gasteiger partial charge in [-0.25, -0.2) is 9.37 Å². The molecule has 27 heavy (non-hydrogen) atoms. The highest BCUT2D eigenvalue weighted by molar-refractivity contribution is 6.36. The van der Waals surface area contributed by atoms with Crippen LogP contribution in [0.25, 0.3) is 11.1 Å². The smallest absolute Gasteiger partial charge is 0.166 e. The van der Waals surface area contributed by atoms with Crippen LogP contribution in [-0.4, -0.2) is 4.98 Å². The minimum atomic E-state index is -0.629. The van der Waals surface area contributed by atoms with Gasteiger partial charge in [0.15, 0.2) is 11.6 Å². The van der Waals surface area contributed by atoms with Crippen molar-refractivity contribution in [2.24, 2.45) is 5.73 Å². The van der Waals surface area contributed by atoms with E-state index in [9.17, 15) is 4.39 Å². The molecule has 4 N–H and O–H groups in total. The van der Waals surface area contributed by atoms with Crippen LogP contribution in [0.4, 0.5) is 10.2 Å². The molecular formula is C20H18Cl2FN3O. The van der Waals surface area contributed by atoms with Gasteiger partial charge in [-0.05, 0) is 42.3 Å². The number of hydrogen-bond acceptors (Lipinski definition) is 4. The van der Waals surface area contributed by atoms with Gasteiger partial charge in [-0.2, -0.15) is 0 Å². The minimum absolute atomic E-state index is 0.0756. The number of ether oxygens (including phenoxy) is 1. The molecule has 0 amide bonds. The average Bonchev–Trinajstić information content (AvgIpc) is 2.67. The second-order valence-electron chi connectivity index (χ2n) is 6.03. The lowest BCUT2D eigenvalue weighted by atomic mass is 10.0.